The Bertz CT molecular complexity index is 1050. The van der Waals surface area contributed by atoms with Crippen molar-refractivity contribution in [3.05, 3.63) is 59.2 Å². The average molecular weight is 373 g/mol. The molecule has 0 aliphatic carbocycles. The van der Waals surface area contributed by atoms with Crippen molar-refractivity contribution in [2.75, 3.05) is 5.32 Å². The van der Waals surface area contributed by atoms with Gasteiger partial charge < -0.3 is 4.84 Å². The van der Waals surface area contributed by atoms with Gasteiger partial charge in [0.05, 0.1) is 15.9 Å². The number of thiazole rings is 1. The van der Waals surface area contributed by atoms with E-state index >= 15 is 0 Å². The van der Waals surface area contributed by atoms with Crippen LogP contribution in [0.2, 0.25) is 0 Å². The van der Waals surface area contributed by atoms with Gasteiger partial charge in [-0.3, -0.25) is 10.1 Å². The number of rotatable bonds is 3. The highest BCUT2D eigenvalue weighted by Crippen LogP contribution is 2.27. The fourth-order valence-electron chi connectivity index (χ4n) is 2.67. The van der Waals surface area contributed by atoms with Gasteiger partial charge in [0.1, 0.15) is 11.6 Å². The molecule has 26 heavy (non-hydrogen) atoms. The van der Waals surface area contributed by atoms with E-state index in [-0.39, 0.29) is 17.7 Å². The van der Waals surface area contributed by atoms with Gasteiger partial charge in [-0.15, -0.1) is 0 Å². The summed E-state index contributed by atoms with van der Waals surface area (Å²) in [5.41, 5.74) is 2.09. The van der Waals surface area contributed by atoms with E-state index in [4.69, 9.17) is 4.84 Å². The van der Waals surface area contributed by atoms with Crippen LogP contribution in [0.25, 0.3) is 10.2 Å². The minimum absolute atomic E-state index is 0.00392. The van der Waals surface area contributed by atoms with Crippen LogP contribution in [0.15, 0.2) is 41.6 Å². The third-order valence-electron chi connectivity index (χ3n) is 3.97. The summed E-state index contributed by atoms with van der Waals surface area (Å²) in [6, 6.07) is 8.90. The average Bonchev–Trinajstić information content (AvgIpc) is 3.23. The molecule has 1 aliphatic rings. The SMILES string of the molecule is Cc1ccc2nc(NC(=O)C3CC(c4cc(F)ccc4F)=NO3)sc2c1. The summed E-state index contributed by atoms with van der Waals surface area (Å²) < 4.78 is 28.1. The van der Waals surface area contributed by atoms with Crippen molar-refractivity contribution >= 4 is 38.3 Å². The Balaban J connectivity index is 1.47. The van der Waals surface area contributed by atoms with Crippen LogP contribution in [0.1, 0.15) is 17.5 Å². The highest BCUT2D eigenvalue weighted by molar-refractivity contribution is 7.22. The van der Waals surface area contributed by atoms with Crippen molar-refractivity contribution in [1.29, 1.82) is 0 Å². The van der Waals surface area contributed by atoms with Gasteiger partial charge in [-0.1, -0.05) is 22.6 Å². The number of amides is 1. The largest absolute Gasteiger partial charge is 0.382 e. The summed E-state index contributed by atoms with van der Waals surface area (Å²) in [6.07, 6.45) is -0.864. The Labute approximate surface area is 151 Å². The maximum absolute atomic E-state index is 13.8. The Kier molecular flexibility index (Phi) is 4.12. The topological polar surface area (TPSA) is 63.6 Å². The van der Waals surface area contributed by atoms with E-state index in [0.29, 0.717) is 5.13 Å². The molecule has 1 aromatic heterocycles. The molecule has 0 spiro atoms. The molecule has 1 amide bonds. The number of anilines is 1. The maximum atomic E-state index is 13.8. The summed E-state index contributed by atoms with van der Waals surface area (Å²) in [6.45, 7) is 1.98. The summed E-state index contributed by atoms with van der Waals surface area (Å²) in [5.74, 6) is -1.63. The van der Waals surface area contributed by atoms with Crippen LogP contribution < -0.4 is 5.32 Å². The van der Waals surface area contributed by atoms with Crippen molar-refractivity contribution in [3.63, 3.8) is 0 Å². The Morgan fingerprint density at radius 1 is 1.27 bits per heavy atom. The first-order chi connectivity index (χ1) is 12.5. The zero-order valence-electron chi connectivity index (χ0n) is 13.6. The molecule has 5 nitrogen and oxygen atoms in total. The van der Waals surface area contributed by atoms with E-state index in [1.807, 2.05) is 25.1 Å². The van der Waals surface area contributed by atoms with Gasteiger partial charge in [0, 0.05) is 12.0 Å². The molecular formula is C18H13F2N3O2S. The van der Waals surface area contributed by atoms with Crippen LogP contribution in [-0.2, 0) is 9.63 Å². The lowest BCUT2D eigenvalue weighted by atomic mass is 10.0. The number of benzene rings is 2. The zero-order chi connectivity index (χ0) is 18.3. The lowest BCUT2D eigenvalue weighted by Gasteiger charge is -2.07. The normalized spacial score (nSPS) is 16.4. The fourth-order valence-corrected chi connectivity index (χ4v) is 3.63. The van der Waals surface area contributed by atoms with Crippen molar-refractivity contribution in [3.8, 4) is 0 Å². The first-order valence-electron chi connectivity index (χ1n) is 7.86. The minimum Gasteiger partial charge on any atom is -0.382 e. The molecule has 3 aromatic rings. The summed E-state index contributed by atoms with van der Waals surface area (Å²) in [4.78, 5) is 21.8. The third-order valence-corrected chi connectivity index (χ3v) is 4.91. The predicted molar refractivity (Wildman–Crippen MR) is 95.4 cm³/mol. The number of fused-ring (bicyclic) bond motifs is 1. The van der Waals surface area contributed by atoms with Crippen LogP contribution in [0.5, 0.6) is 0 Å². The van der Waals surface area contributed by atoms with Crippen LogP contribution in [0, 0.1) is 18.6 Å². The number of halogens is 2. The van der Waals surface area contributed by atoms with Crippen molar-refractivity contribution in [2.45, 2.75) is 19.4 Å². The molecule has 2 aromatic carbocycles. The molecule has 0 bridgehead atoms. The Hall–Kier alpha value is -2.87. The number of nitrogens with one attached hydrogen (secondary N) is 1. The highest BCUT2D eigenvalue weighted by atomic mass is 32.1. The van der Waals surface area contributed by atoms with Crippen molar-refractivity contribution < 1.29 is 18.4 Å². The van der Waals surface area contributed by atoms with Crippen LogP contribution >= 0.6 is 11.3 Å². The second-order valence-corrected chi connectivity index (χ2v) is 6.97. The van der Waals surface area contributed by atoms with Gasteiger partial charge in [-0.05, 0) is 42.8 Å². The highest BCUT2D eigenvalue weighted by Gasteiger charge is 2.30. The number of aryl methyl sites for hydroxylation is 1. The molecule has 0 radical (unpaired) electrons. The predicted octanol–water partition coefficient (Wildman–Crippen LogP) is 4.01. The molecule has 132 valence electrons. The fraction of sp³-hybridized carbons (Fsp3) is 0.167. The van der Waals surface area contributed by atoms with E-state index in [9.17, 15) is 13.6 Å². The standard InChI is InChI=1S/C18H13F2N3O2S/c1-9-2-5-13-16(6-9)26-18(21-13)22-17(24)15-8-14(23-25-15)11-7-10(19)3-4-12(11)20/h2-7,15H,8H2,1H3,(H,21,22,24). The first kappa shape index (κ1) is 16.6. The Morgan fingerprint density at radius 2 is 2.12 bits per heavy atom. The molecule has 1 unspecified atom stereocenters. The number of carbonyl (C=O) groups excluding carboxylic acids is 1. The molecule has 2 heterocycles. The smallest absolute Gasteiger partial charge is 0.270 e. The summed E-state index contributed by atoms with van der Waals surface area (Å²) in [5, 5.41) is 6.88. The minimum atomic E-state index is -0.915. The van der Waals surface area contributed by atoms with E-state index in [2.05, 4.69) is 15.5 Å². The first-order valence-corrected chi connectivity index (χ1v) is 8.67. The number of carbonyl (C=O) groups is 1. The number of aromatic nitrogens is 1. The zero-order valence-corrected chi connectivity index (χ0v) is 14.4. The number of hydrogen-bond donors (Lipinski definition) is 1. The number of oxime groups is 1. The molecule has 0 saturated carbocycles. The molecular weight excluding hydrogens is 360 g/mol. The lowest BCUT2D eigenvalue weighted by Crippen LogP contribution is -2.28. The van der Waals surface area contributed by atoms with Gasteiger partial charge >= 0.3 is 0 Å². The summed E-state index contributed by atoms with van der Waals surface area (Å²) in [7, 11) is 0. The number of nitrogens with zero attached hydrogens (tertiary/aromatic N) is 2. The van der Waals surface area contributed by atoms with Crippen LogP contribution in [0.4, 0.5) is 13.9 Å². The van der Waals surface area contributed by atoms with E-state index in [1.165, 1.54) is 11.3 Å². The molecule has 0 fully saturated rings. The van der Waals surface area contributed by atoms with Gasteiger partial charge in [0.15, 0.2) is 5.13 Å². The van der Waals surface area contributed by atoms with Crippen LogP contribution in [0.3, 0.4) is 0 Å². The second-order valence-electron chi connectivity index (χ2n) is 5.94. The van der Waals surface area contributed by atoms with Gasteiger partial charge in [0.2, 0.25) is 6.10 Å². The molecule has 1 atom stereocenters. The van der Waals surface area contributed by atoms with Gasteiger partial charge in [0.25, 0.3) is 5.91 Å². The van der Waals surface area contributed by atoms with Gasteiger partial charge in [-0.25, -0.2) is 13.8 Å². The van der Waals surface area contributed by atoms with E-state index in [0.717, 1.165) is 34.0 Å². The lowest BCUT2D eigenvalue weighted by molar-refractivity contribution is -0.125. The second kappa shape index (κ2) is 6.45. The van der Waals surface area contributed by atoms with Crippen LogP contribution in [-0.4, -0.2) is 22.7 Å². The monoisotopic (exact) mass is 373 g/mol. The molecule has 8 heteroatoms. The summed E-state index contributed by atoms with van der Waals surface area (Å²) >= 11 is 1.35. The van der Waals surface area contributed by atoms with E-state index < -0.39 is 23.6 Å². The van der Waals surface area contributed by atoms with Crippen molar-refractivity contribution in [1.82, 2.24) is 4.98 Å². The third kappa shape index (κ3) is 3.15. The molecule has 0 saturated heterocycles. The van der Waals surface area contributed by atoms with E-state index in [1.54, 1.807) is 0 Å². The van der Waals surface area contributed by atoms with Gasteiger partial charge in [-0.2, -0.15) is 0 Å². The molecule has 4 rings (SSSR count). The van der Waals surface area contributed by atoms with Crippen molar-refractivity contribution in [2.24, 2.45) is 5.16 Å². The Morgan fingerprint density at radius 3 is 2.96 bits per heavy atom. The number of hydrogen-bond acceptors (Lipinski definition) is 5. The molecule has 1 aliphatic heterocycles. The molecule has 1 N–H and O–H groups in total. The quantitative estimate of drug-likeness (QED) is 0.754. The maximum Gasteiger partial charge on any atom is 0.270 e.